The lowest BCUT2D eigenvalue weighted by Gasteiger charge is -2.28. The predicted octanol–water partition coefficient (Wildman–Crippen LogP) is 2.50. The smallest absolute Gasteiger partial charge is 0.146 e. The van der Waals surface area contributed by atoms with Crippen LogP contribution in [0.5, 0.6) is 0 Å². The molecule has 1 aliphatic heterocycles. The third kappa shape index (κ3) is 3.24. The van der Waals surface area contributed by atoms with Crippen molar-refractivity contribution in [3.63, 3.8) is 0 Å². The van der Waals surface area contributed by atoms with E-state index in [9.17, 15) is 4.39 Å². The second-order valence-electron chi connectivity index (χ2n) is 5.42. The Morgan fingerprint density at radius 3 is 2.74 bits per heavy atom. The minimum atomic E-state index is -0.185. The van der Waals surface area contributed by atoms with E-state index in [1.807, 2.05) is 19.2 Å². The maximum atomic E-state index is 13.9. The SMILES string of the molecule is CC1CN(c2ccccc2F)CC(CC#N)N(C)C1. The molecule has 1 aromatic carbocycles. The van der Waals surface area contributed by atoms with Gasteiger partial charge in [-0.1, -0.05) is 19.1 Å². The summed E-state index contributed by atoms with van der Waals surface area (Å²) in [6.45, 7) is 4.64. The normalized spacial score (nSPS) is 24.8. The zero-order chi connectivity index (χ0) is 13.8. The van der Waals surface area contributed by atoms with E-state index >= 15 is 0 Å². The molecule has 0 amide bonds. The van der Waals surface area contributed by atoms with Crippen molar-refractivity contribution in [2.75, 3.05) is 31.6 Å². The van der Waals surface area contributed by atoms with Crippen molar-refractivity contribution in [1.82, 2.24) is 4.90 Å². The van der Waals surface area contributed by atoms with Gasteiger partial charge in [-0.05, 0) is 25.1 Å². The first-order valence-corrected chi connectivity index (χ1v) is 6.68. The molecule has 0 aromatic heterocycles. The number of para-hydroxylation sites is 1. The highest BCUT2D eigenvalue weighted by molar-refractivity contribution is 5.48. The number of nitriles is 1. The molecule has 1 aliphatic rings. The van der Waals surface area contributed by atoms with Gasteiger partial charge < -0.3 is 9.80 Å². The molecule has 0 saturated carbocycles. The summed E-state index contributed by atoms with van der Waals surface area (Å²) < 4.78 is 13.9. The number of nitrogens with zero attached hydrogens (tertiary/aromatic N) is 3. The minimum Gasteiger partial charge on any atom is -0.367 e. The van der Waals surface area contributed by atoms with Crippen molar-refractivity contribution in [2.45, 2.75) is 19.4 Å². The second kappa shape index (κ2) is 6.03. The van der Waals surface area contributed by atoms with Crippen LogP contribution in [0, 0.1) is 23.1 Å². The lowest BCUT2D eigenvalue weighted by atomic mass is 10.1. The van der Waals surface area contributed by atoms with Crippen LogP contribution in [0.4, 0.5) is 10.1 Å². The Labute approximate surface area is 114 Å². The van der Waals surface area contributed by atoms with Gasteiger partial charge in [0.15, 0.2) is 0 Å². The van der Waals surface area contributed by atoms with Crippen LogP contribution < -0.4 is 4.90 Å². The van der Waals surface area contributed by atoms with Crippen molar-refractivity contribution in [1.29, 1.82) is 5.26 Å². The summed E-state index contributed by atoms with van der Waals surface area (Å²) in [5, 5.41) is 8.94. The molecule has 4 heteroatoms. The lowest BCUT2D eigenvalue weighted by Crippen LogP contribution is -2.39. The van der Waals surface area contributed by atoms with Crippen LogP contribution in [-0.2, 0) is 0 Å². The van der Waals surface area contributed by atoms with Gasteiger partial charge in [0.1, 0.15) is 5.82 Å². The molecule has 1 fully saturated rings. The van der Waals surface area contributed by atoms with Crippen LogP contribution in [-0.4, -0.2) is 37.6 Å². The summed E-state index contributed by atoms with van der Waals surface area (Å²) in [5.74, 6) is 0.267. The van der Waals surface area contributed by atoms with Crippen molar-refractivity contribution < 1.29 is 4.39 Å². The summed E-state index contributed by atoms with van der Waals surface area (Å²) in [4.78, 5) is 4.29. The maximum Gasteiger partial charge on any atom is 0.146 e. The first kappa shape index (κ1) is 13.8. The number of benzene rings is 1. The molecule has 3 nitrogen and oxygen atoms in total. The third-order valence-corrected chi connectivity index (χ3v) is 3.71. The molecular weight excluding hydrogens is 241 g/mol. The standard InChI is InChI=1S/C15H20FN3/c1-12-9-18(2)13(7-8-17)11-19(10-12)15-6-4-3-5-14(15)16/h3-6,12-13H,7,9-11H2,1-2H3. The lowest BCUT2D eigenvalue weighted by molar-refractivity contribution is 0.241. The van der Waals surface area contributed by atoms with Gasteiger partial charge in [-0.15, -0.1) is 0 Å². The first-order chi connectivity index (χ1) is 9.11. The Morgan fingerprint density at radius 1 is 1.32 bits per heavy atom. The van der Waals surface area contributed by atoms with Crippen molar-refractivity contribution in [3.05, 3.63) is 30.1 Å². The number of likely N-dealkylation sites (N-methyl/N-ethyl adjacent to an activating group) is 1. The van der Waals surface area contributed by atoms with Crippen molar-refractivity contribution >= 4 is 5.69 Å². The number of hydrogen-bond donors (Lipinski definition) is 0. The average Bonchev–Trinajstić information content (AvgIpc) is 2.50. The fourth-order valence-corrected chi connectivity index (χ4v) is 2.77. The Morgan fingerprint density at radius 2 is 2.05 bits per heavy atom. The Balaban J connectivity index is 2.24. The molecule has 0 spiro atoms. The molecule has 1 heterocycles. The van der Waals surface area contributed by atoms with Crippen molar-refractivity contribution in [3.8, 4) is 6.07 Å². The van der Waals surface area contributed by atoms with Gasteiger partial charge in [-0.25, -0.2) is 4.39 Å². The van der Waals surface area contributed by atoms with Gasteiger partial charge in [0.05, 0.1) is 18.2 Å². The molecule has 1 saturated heterocycles. The van der Waals surface area contributed by atoms with E-state index in [0.717, 1.165) is 13.1 Å². The Hall–Kier alpha value is -1.60. The summed E-state index contributed by atoms with van der Waals surface area (Å²) in [7, 11) is 2.04. The van der Waals surface area contributed by atoms with E-state index in [-0.39, 0.29) is 11.9 Å². The second-order valence-corrected chi connectivity index (χ2v) is 5.42. The summed E-state index contributed by atoms with van der Waals surface area (Å²) in [6.07, 6.45) is 0.480. The molecule has 2 rings (SSSR count). The third-order valence-electron chi connectivity index (χ3n) is 3.71. The number of hydrogen-bond acceptors (Lipinski definition) is 3. The Bertz CT molecular complexity index is 469. The van der Waals surface area contributed by atoms with E-state index < -0.39 is 0 Å². The predicted molar refractivity (Wildman–Crippen MR) is 74.4 cm³/mol. The summed E-state index contributed by atoms with van der Waals surface area (Å²) in [6, 6.07) is 9.27. The number of rotatable bonds is 2. The first-order valence-electron chi connectivity index (χ1n) is 6.68. The molecule has 0 bridgehead atoms. The molecule has 2 unspecified atom stereocenters. The van der Waals surface area contributed by atoms with E-state index in [1.54, 1.807) is 6.07 Å². The van der Waals surface area contributed by atoms with Gasteiger partial charge in [-0.3, -0.25) is 0 Å². The highest BCUT2D eigenvalue weighted by Crippen LogP contribution is 2.24. The van der Waals surface area contributed by atoms with E-state index in [4.69, 9.17) is 5.26 Å². The van der Waals surface area contributed by atoms with Crippen LogP contribution in [0.3, 0.4) is 0 Å². The monoisotopic (exact) mass is 261 g/mol. The van der Waals surface area contributed by atoms with Gasteiger partial charge >= 0.3 is 0 Å². The molecule has 0 N–H and O–H groups in total. The van der Waals surface area contributed by atoms with Gasteiger partial charge in [0.2, 0.25) is 0 Å². The van der Waals surface area contributed by atoms with E-state index in [1.165, 1.54) is 6.07 Å². The molecule has 1 aromatic rings. The fourth-order valence-electron chi connectivity index (χ4n) is 2.77. The zero-order valence-corrected chi connectivity index (χ0v) is 11.5. The fraction of sp³-hybridized carbons (Fsp3) is 0.533. The zero-order valence-electron chi connectivity index (χ0n) is 11.5. The van der Waals surface area contributed by atoms with Crippen LogP contribution in [0.25, 0.3) is 0 Å². The molecule has 0 aliphatic carbocycles. The van der Waals surface area contributed by atoms with E-state index in [2.05, 4.69) is 22.8 Å². The number of anilines is 1. The topological polar surface area (TPSA) is 30.3 Å². The highest BCUT2D eigenvalue weighted by atomic mass is 19.1. The van der Waals surface area contributed by atoms with Crippen LogP contribution >= 0.6 is 0 Å². The summed E-state index contributed by atoms with van der Waals surface area (Å²) in [5.41, 5.74) is 0.646. The van der Waals surface area contributed by atoms with E-state index in [0.29, 0.717) is 24.6 Å². The van der Waals surface area contributed by atoms with Gasteiger partial charge in [-0.2, -0.15) is 5.26 Å². The Kier molecular flexibility index (Phi) is 4.39. The van der Waals surface area contributed by atoms with Gasteiger partial charge in [0.25, 0.3) is 0 Å². The average molecular weight is 261 g/mol. The largest absolute Gasteiger partial charge is 0.367 e. The summed E-state index contributed by atoms with van der Waals surface area (Å²) >= 11 is 0. The quantitative estimate of drug-likeness (QED) is 0.819. The van der Waals surface area contributed by atoms with Crippen LogP contribution in [0.15, 0.2) is 24.3 Å². The molecule has 0 radical (unpaired) electrons. The van der Waals surface area contributed by atoms with Crippen molar-refractivity contribution in [2.24, 2.45) is 5.92 Å². The molecule has 19 heavy (non-hydrogen) atoms. The number of halogens is 1. The van der Waals surface area contributed by atoms with Gasteiger partial charge in [0, 0.05) is 25.7 Å². The van der Waals surface area contributed by atoms with Crippen LogP contribution in [0.1, 0.15) is 13.3 Å². The highest BCUT2D eigenvalue weighted by Gasteiger charge is 2.26. The minimum absolute atomic E-state index is 0.162. The van der Waals surface area contributed by atoms with Crippen LogP contribution in [0.2, 0.25) is 0 Å². The maximum absolute atomic E-state index is 13.9. The molecular formula is C15H20FN3. The molecule has 2 atom stereocenters. The molecule has 102 valence electrons.